The Morgan fingerprint density at radius 2 is 1.85 bits per heavy atom. The van der Waals surface area contributed by atoms with Gasteiger partial charge in [0.25, 0.3) is 5.91 Å². The standard InChI is InChI=1S/C26H31ClN2O5/c1-3-20-23(19(30)15-33-20)29-24(31)18(14-26(2)12-4-5-13-26)28-25(32)22-11-10-21(34-22)16-6-8-17(27)9-7-16/h6-11,18,20,23H,3-5,12-15H2,1-2H3,(H,28,32)(H,29,31)/t18-,20-,23?/m0/s1. The fraction of sp³-hybridized carbons (Fsp3) is 0.500. The van der Waals surface area contributed by atoms with Crippen molar-refractivity contribution in [2.45, 2.75) is 70.6 Å². The highest BCUT2D eigenvalue weighted by Crippen LogP contribution is 2.41. The summed E-state index contributed by atoms with van der Waals surface area (Å²) in [5.41, 5.74) is 0.745. The molecule has 2 aliphatic rings. The van der Waals surface area contributed by atoms with E-state index in [0.717, 1.165) is 31.2 Å². The van der Waals surface area contributed by atoms with Gasteiger partial charge in [-0.1, -0.05) is 38.3 Å². The zero-order valence-corrected chi connectivity index (χ0v) is 20.3. The lowest BCUT2D eigenvalue weighted by Gasteiger charge is -2.30. The summed E-state index contributed by atoms with van der Waals surface area (Å²) in [6.07, 6.45) is 4.97. The van der Waals surface area contributed by atoms with Crippen LogP contribution < -0.4 is 10.6 Å². The van der Waals surface area contributed by atoms with E-state index in [2.05, 4.69) is 17.6 Å². The van der Waals surface area contributed by atoms with Gasteiger partial charge in [0.1, 0.15) is 24.5 Å². The molecule has 3 atom stereocenters. The van der Waals surface area contributed by atoms with Gasteiger partial charge in [-0.15, -0.1) is 0 Å². The Kier molecular flexibility index (Phi) is 7.43. The van der Waals surface area contributed by atoms with Crippen molar-refractivity contribution in [3.63, 3.8) is 0 Å². The average Bonchev–Trinajstić information content (AvgIpc) is 3.55. The zero-order valence-electron chi connectivity index (χ0n) is 19.6. The number of carbonyl (C=O) groups excluding carboxylic acids is 3. The van der Waals surface area contributed by atoms with E-state index in [1.165, 1.54) is 0 Å². The molecule has 0 radical (unpaired) electrons. The molecule has 2 aromatic rings. The van der Waals surface area contributed by atoms with E-state index in [-0.39, 0.29) is 35.6 Å². The van der Waals surface area contributed by atoms with Gasteiger partial charge in [0, 0.05) is 10.6 Å². The monoisotopic (exact) mass is 486 g/mol. The van der Waals surface area contributed by atoms with Crippen molar-refractivity contribution in [3.05, 3.63) is 47.2 Å². The summed E-state index contributed by atoms with van der Waals surface area (Å²) >= 11 is 5.95. The van der Waals surface area contributed by atoms with Crippen LogP contribution in [-0.2, 0) is 14.3 Å². The van der Waals surface area contributed by atoms with E-state index in [9.17, 15) is 14.4 Å². The topological polar surface area (TPSA) is 97.6 Å². The summed E-state index contributed by atoms with van der Waals surface area (Å²) in [5.74, 6) is -0.330. The van der Waals surface area contributed by atoms with Crippen molar-refractivity contribution in [3.8, 4) is 11.3 Å². The Labute approximate surface area is 204 Å². The Bertz CT molecular complexity index is 1040. The smallest absolute Gasteiger partial charge is 0.287 e. The van der Waals surface area contributed by atoms with Crippen molar-refractivity contribution < 1.29 is 23.5 Å². The minimum Gasteiger partial charge on any atom is -0.451 e. The Hall–Kier alpha value is -2.64. The van der Waals surface area contributed by atoms with Crippen molar-refractivity contribution >= 4 is 29.2 Å². The van der Waals surface area contributed by atoms with Crippen molar-refractivity contribution in [2.24, 2.45) is 5.41 Å². The number of halogens is 1. The SMILES string of the molecule is CC[C@@H]1OCC(=O)C1NC(=O)[C@H](CC1(C)CCCC1)NC(=O)c1ccc(-c2ccc(Cl)cc2)o1. The largest absolute Gasteiger partial charge is 0.451 e. The van der Waals surface area contributed by atoms with Crippen LogP contribution in [0.5, 0.6) is 0 Å². The van der Waals surface area contributed by atoms with E-state index >= 15 is 0 Å². The molecule has 34 heavy (non-hydrogen) atoms. The molecule has 2 amide bonds. The highest BCUT2D eigenvalue weighted by molar-refractivity contribution is 6.30. The number of rotatable bonds is 8. The van der Waals surface area contributed by atoms with Gasteiger partial charge >= 0.3 is 0 Å². The second kappa shape index (κ2) is 10.3. The molecule has 1 aromatic heterocycles. The number of Topliss-reactive ketones (excluding diaryl/α,β-unsaturated/α-hetero) is 1. The first kappa shape index (κ1) is 24.5. The molecule has 1 saturated carbocycles. The molecule has 0 spiro atoms. The van der Waals surface area contributed by atoms with Crippen LogP contribution in [-0.4, -0.2) is 42.4 Å². The quantitative estimate of drug-likeness (QED) is 0.571. The van der Waals surface area contributed by atoms with Crippen LogP contribution in [0.4, 0.5) is 0 Å². The third kappa shape index (κ3) is 5.53. The summed E-state index contributed by atoms with van der Waals surface area (Å²) in [6, 6.07) is 8.95. The number of ketones is 1. The van der Waals surface area contributed by atoms with Gasteiger partial charge in [0.15, 0.2) is 11.5 Å². The molecule has 4 rings (SSSR count). The highest BCUT2D eigenvalue weighted by Gasteiger charge is 2.40. The summed E-state index contributed by atoms with van der Waals surface area (Å²) < 4.78 is 11.3. The molecule has 7 nitrogen and oxygen atoms in total. The van der Waals surface area contributed by atoms with E-state index in [1.807, 2.05) is 19.1 Å². The lowest BCUT2D eigenvalue weighted by Crippen LogP contribution is -2.54. The molecule has 182 valence electrons. The molecular weight excluding hydrogens is 456 g/mol. The molecule has 1 aliphatic carbocycles. The molecule has 2 heterocycles. The maximum absolute atomic E-state index is 13.3. The molecule has 8 heteroatoms. The summed E-state index contributed by atoms with van der Waals surface area (Å²) in [7, 11) is 0. The summed E-state index contributed by atoms with van der Waals surface area (Å²) in [6.45, 7) is 4.06. The van der Waals surface area contributed by atoms with Crippen LogP contribution in [0.2, 0.25) is 5.02 Å². The Morgan fingerprint density at radius 1 is 1.15 bits per heavy atom. The van der Waals surface area contributed by atoms with Crippen LogP contribution in [0.15, 0.2) is 40.8 Å². The number of carbonyl (C=O) groups is 3. The predicted octanol–water partition coefficient (Wildman–Crippen LogP) is 4.53. The predicted molar refractivity (Wildman–Crippen MR) is 129 cm³/mol. The molecule has 2 fully saturated rings. The normalized spacial score (nSPS) is 22.5. The third-order valence-corrected chi connectivity index (χ3v) is 7.20. The average molecular weight is 487 g/mol. The van der Waals surface area contributed by atoms with Gasteiger partial charge < -0.3 is 19.8 Å². The first-order valence-electron chi connectivity index (χ1n) is 11.9. The number of ether oxygens (including phenoxy) is 1. The van der Waals surface area contributed by atoms with Crippen LogP contribution >= 0.6 is 11.6 Å². The minimum absolute atomic E-state index is 0.00192. The van der Waals surface area contributed by atoms with Crippen LogP contribution in [0.1, 0.15) is 62.9 Å². The molecule has 1 saturated heterocycles. The maximum atomic E-state index is 13.3. The Morgan fingerprint density at radius 3 is 2.53 bits per heavy atom. The van der Waals surface area contributed by atoms with Crippen LogP contribution in [0.25, 0.3) is 11.3 Å². The summed E-state index contributed by atoms with van der Waals surface area (Å²) in [5, 5.41) is 6.32. The lowest BCUT2D eigenvalue weighted by molar-refractivity contribution is -0.128. The van der Waals surface area contributed by atoms with Crippen molar-refractivity contribution in [1.29, 1.82) is 0 Å². The molecular formula is C26H31ClN2O5. The fourth-order valence-corrected chi connectivity index (χ4v) is 5.08. The van der Waals surface area contributed by atoms with Gasteiger partial charge in [-0.05, 0) is 67.5 Å². The second-order valence-electron chi connectivity index (χ2n) is 9.63. The van der Waals surface area contributed by atoms with Gasteiger partial charge in [-0.3, -0.25) is 14.4 Å². The molecule has 1 unspecified atom stereocenters. The number of nitrogens with one attached hydrogen (secondary N) is 2. The van der Waals surface area contributed by atoms with E-state index in [1.54, 1.807) is 24.3 Å². The molecule has 1 aliphatic heterocycles. The van der Waals surface area contributed by atoms with Crippen molar-refractivity contribution in [2.75, 3.05) is 6.61 Å². The van der Waals surface area contributed by atoms with Crippen LogP contribution in [0.3, 0.4) is 0 Å². The fourth-order valence-electron chi connectivity index (χ4n) is 4.96. The summed E-state index contributed by atoms with van der Waals surface area (Å²) in [4.78, 5) is 38.6. The minimum atomic E-state index is -0.786. The Balaban J connectivity index is 1.49. The van der Waals surface area contributed by atoms with Crippen molar-refractivity contribution in [1.82, 2.24) is 10.6 Å². The zero-order chi connectivity index (χ0) is 24.3. The number of hydrogen-bond donors (Lipinski definition) is 2. The number of furan rings is 1. The molecule has 1 aromatic carbocycles. The van der Waals surface area contributed by atoms with Gasteiger partial charge in [0.05, 0.1) is 6.10 Å². The van der Waals surface area contributed by atoms with E-state index < -0.39 is 18.0 Å². The number of hydrogen-bond acceptors (Lipinski definition) is 5. The second-order valence-corrected chi connectivity index (χ2v) is 10.1. The first-order valence-corrected chi connectivity index (χ1v) is 12.3. The number of benzene rings is 1. The maximum Gasteiger partial charge on any atom is 0.287 e. The van der Waals surface area contributed by atoms with Gasteiger partial charge in [0.2, 0.25) is 5.91 Å². The van der Waals surface area contributed by atoms with Gasteiger partial charge in [-0.25, -0.2) is 0 Å². The first-order chi connectivity index (χ1) is 16.3. The van der Waals surface area contributed by atoms with E-state index in [0.29, 0.717) is 23.6 Å². The van der Waals surface area contributed by atoms with E-state index in [4.69, 9.17) is 20.8 Å². The lowest BCUT2D eigenvalue weighted by atomic mass is 9.81. The number of amides is 2. The molecule has 0 bridgehead atoms. The third-order valence-electron chi connectivity index (χ3n) is 6.95. The molecule has 2 N–H and O–H groups in total. The van der Waals surface area contributed by atoms with Crippen LogP contribution in [0, 0.1) is 5.41 Å². The highest BCUT2D eigenvalue weighted by atomic mass is 35.5. The van der Waals surface area contributed by atoms with Gasteiger partial charge in [-0.2, -0.15) is 0 Å².